The summed E-state index contributed by atoms with van der Waals surface area (Å²) in [7, 11) is 0. The molecule has 238 valence electrons. The summed E-state index contributed by atoms with van der Waals surface area (Å²) in [6, 6.07) is 14.7. The number of hydrogen-bond acceptors (Lipinski definition) is 10. The lowest BCUT2D eigenvalue weighted by atomic mass is 9.88. The molecule has 45 heavy (non-hydrogen) atoms. The number of carboxylic acids is 1. The second-order valence-corrected chi connectivity index (χ2v) is 13.3. The quantitative estimate of drug-likeness (QED) is 0.123. The lowest BCUT2D eigenvalue weighted by molar-refractivity contribution is 0.0696. The van der Waals surface area contributed by atoms with Crippen LogP contribution in [-0.4, -0.2) is 49.8 Å². The summed E-state index contributed by atoms with van der Waals surface area (Å²) in [6.07, 6.45) is 4.29. The Labute approximate surface area is 269 Å². The van der Waals surface area contributed by atoms with Crippen molar-refractivity contribution in [3.05, 3.63) is 83.4 Å². The van der Waals surface area contributed by atoms with E-state index in [2.05, 4.69) is 71.7 Å². The first-order chi connectivity index (χ1) is 21.4. The van der Waals surface area contributed by atoms with Crippen LogP contribution in [0.5, 0.6) is 11.6 Å². The molecule has 0 aliphatic heterocycles. The van der Waals surface area contributed by atoms with Gasteiger partial charge in [-0.2, -0.15) is 4.98 Å². The Bertz CT molecular complexity index is 1570. The van der Waals surface area contributed by atoms with Gasteiger partial charge in [0.2, 0.25) is 11.8 Å². The molecule has 0 bridgehead atoms. The molecule has 0 aliphatic rings. The van der Waals surface area contributed by atoms with Crippen LogP contribution in [0.15, 0.2) is 65.8 Å². The van der Waals surface area contributed by atoms with E-state index >= 15 is 0 Å². The predicted octanol–water partition coefficient (Wildman–Crippen LogP) is 7.13. The summed E-state index contributed by atoms with van der Waals surface area (Å²) < 4.78 is 15.2. The van der Waals surface area contributed by atoms with Gasteiger partial charge in [0.15, 0.2) is 5.75 Å². The van der Waals surface area contributed by atoms with Gasteiger partial charge in [-0.15, -0.1) is 0 Å². The Morgan fingerprint density at radius 2 is 1.69 bits per heavy atom. The molecule has 0 aliphatic carbocycles. The minimum atomic E-state index is -0.983. The maximum atomic E-state index is 11.4. The third-order valence-electron chi connectivity index (χ3n) is 6.67. The molecule has 2 aromatic carbocycles. The molecule has 0 saturated carbocycles. The first-order valence-corrected chi connectivity index (χ1v) is 15.7. The number of nitrogens with zero attached hydrogens (tertiary/aromatic N) is 4. The van der Waals surface area contributed by atoms with E-state index in [1.54, 1.807) is 30.6 Å². The van der Waals surface area contributed by atoms with Gasteiger partial charge >= 0.3 is 5.97 Å². The monoisotopic (exact) mass is 630 g/mol. The molecule has 1 unspecified atom stereocenters. The lowest BCUT2D eigenvalue weighted by Crippen LogP contribution is -2.38. The van der Waals surface area contributed by atoms with Crippen LogP contribution in [0.1, 0.15) is 68.3 Å². The van der Waals surface area contributed by atoms with Crippen molar-refractivity contribution in [3.63, 3.8) is 0 Å². The highest BCUT2D eigenvalue weighted by Crippen LogP contribution is 2.30. The number of aromatic nitrogens is 4. The van der Waals surface area contributed by atoms with Crippen LogP contribution in [0.25, 0.3) is 11.3 Å². The molecular weight excluding hydrogens is 588 g/mol. The summed E-state index contributed by atoms with van der Waals surface area (Å²) in [6.45, 7) is 15.5. The highest BCUT2D eigenvalue weighted by atomic mass is 32.2. The summed E-state index contributed by atoms with van der Waals surface area (Å²) in [5.74, 6) is 1.11. The summed E-state index contributed by atoms with van der Waals surface area (Å²) in [5.41, 5.74) is 4.17. The van der Waals surface area contributed by atoms with Crippen LogP contribution in [0.2, 0.25) is 0 Å². The van der Waals surface area contributed by atoms with Crippen molar-refractivity contribution in [2.45, 2.75) is 78.5 Å². The molecule has 0 fully saturated rings. The number of carbonyl (C=O) groups is 1. The van der Waals surface area contributed by atoms with E-state index in [4.69, 9.17) is 14.5 Å². The Balaban J connectivity index is 1.54. The number of aromatic carboxylic acids is 1. The largest absolute Gasteiger partial charge is 0.488 e. The van der Waals surface area contributed by atoms with Gasteiger partial charge in [-0.25, -0.2) is 19.7 Å². The second kappa shape index (κ2) is 15.2. The van der Waals surface area contributed by atoms with Crippen molar-refractivity contribution in [1.29, 1.82) is 0 Å². The minimum Gasteiger partial charge on any atom is -0.488 e. The Morgan fingerprint density at radius 1 is 1.00 bits per heavy atom. The number of aryl methyl sites for hydroxylation is 2. The van der Waals surface area contributed by atoms with E-state index < -0.39 is 5.97 Å². The minimum absolute atomic E-state index is 0.0108. The van der Waals surface area contributed by atoms with E-state index in [0.29, 0.717) is 36.6 Å². The van der Waals surface area contributed by atoms with Crippen molar-refractivity contribution in [2.24, 2.45) is 5.41 Å². The Morgan fingerprint density at radius 3 is 2.33 bits per heavy atom. The maximum absolute atomic E-state index is 11.4. The van der Waals surface area contributed by atoms with Crippen LogP contribution in [0.4, 0.5) is 5.95 Å². The lowest BCUT2D eigenvalue weighted by Gasteiger charge is -2.27. The maximum Gasteiger partial charge on any atom is 0.335 e. The molecule has 3 N–H and O–H groups in total. The predicted molar refractivity (Wildman–Crippen MR) is 178 cm³/mol. The van der Waals surface area contributed by atoms with Crippen molar-refractivity contribution in [2.75, 3.05) is 11.3 Å². The molecule has 11 heteroatoms. The molecule has 4 rings (SSSR count). The SMILES string of the molecule is Cc1cccc(C)c1-c1cc(OCC(CC(C)(C)C)NCc2ncc(OC(C)C)cn2)nc(NSc2cccc(C(=O)O)c2)n1. The fourth-order valence-corrected chi connectivity index (χ4v) is 5.44. The van der Waals surface area contributed by atoms with Crippen molar-refractivity contribution >= 4 is 23.9 Å². The highest BCUT2D eigenvalue weighted by Gasteiger charge is 2.21. The molecule has 10 nitrogen and oxygen atoms in total. The number of carboxylic acid groups (broad SMARTS) is 1. The third-order valence-corrected chi connectivity index (χ3v) is 7.45. The van der Waals surface area contributed by atoms with Crippen molar-refractivity contribution in [1.82, 2.24) is 25.3 Å². The molecule has 0 saturated heterocycles. The van der Waals surface area contributed by atoms with E-state index in [9.17, 15) is 9.90 Å². The van der Waals surface area contributed by atoms with Gasteiger partial charge in [0, 0.05) is 22.6 Å². The second-order valence-electron chi connectivity index (χ2n) is 12.4. The first-order valence-electron chi connectivity index (χ1n) is 14.9. The van der Waals surface area contributed by atoms with Gasteiger partial charge < -0.3 is 19.9 Å². The Kier molecular flexibility index (Phi) is 11.4. The number of hydrogen-bond donors (Lipinski definition) is 3. The highest BCUT2D eigenvalue weighted by molar-refractivity contribution is 8.00. The molecule has 2 heterocycles. The van der Waals surface area contributed by atoms with Crippen LogP contribution >= 0.6 is 11.9 Å². The summed E-state index contributed by atoms with van der Waals surface area (Å²) in [4.78, 5) is 30.5. The number of rotatable bonds is 14. The normalized spacial score (nSPS) is 12.2. The van der Waals surface area contributed by atoms with Crippen LogP contribution in [0.3, 0.4) is 0 Å². The van der Waals surface area contributed by atoms with E-state index in [-0.39, 0.29) is 23.1 Å². The number of benzene rings is 2. The number of anilines is 1. The fraction of sp³-hybridized carbons (Fsp3) is 0.382. The molecule has 1 atom stereocenters. The molecule has 0 radical (unpaired) electrons. The average Bonchev–Trinajstić information content (AvgIpc) is 2.97. The zero-order valence-electron chi connectivity index (χ0n) is 26.9. The molecule has 2 aromatic heterocycles. The van der Waals surface area contributed by atoms with Gasteiger partial charge in [0.1, 0.15) is 12.4 Å². The molecule has 0 amide bonds. The molecular formula is C34H42N6O4S. The smallest absolute Gasteiger partial charge is 0.335 e. The van der Waals surface area contributed by atoms with E-state index in [0.717, 1.165) is 33.7 Å². The third kappa shape index (κ3) is 10.4. The zero-order valence-corrected chi connectivity index (χ0v) is 27.7. The van der Waals surface area contributed by atoms with Gasteiger partial charge in [-0.05, 0) is 80.8 Å². The number of nitrogens with one attached hydrogen (secondary N) is 2. The van der Waals surface area contributed by atoms with E-state index in [1.165, 1.54) is 11.9 Å². The number of ether oxygens (including phenoxy) is 2. The molecule has 0 spiro atoms. The van der Waals surface area contributed by atoms with Crippen molar-refractivity contribution in [3.8, 4) is 22.9 Å². The van der Waals surface area contributed by atoms with Crippen LogP contribution in [0, 0.1) is 19.3 Å². The average molecular weight is 631 g/mol. The standard InChI is InChI=1S/C34H42N6O4S/c1-21(2)44-26-17-36-29(37-18-26)19-35-25(16-34(5,6)7)20-43-30-15-28(31-22(3)10-8-11-23(31)4)38-33(39-30)40-45-27-13-9-12-24(14-27)32(41)42/h8-15,17-18,21,25,35H,16,19-20H2,1-7H3,(H,41,42)(H,38,39,40). The first kappa shape index (κ1) is 33.7. The summed E-state index contributed by atoms with van der Waals surface area (Å²) in [5, 5.41) is 12.9. The zero-order chi connectivity index (χ0) is 32.6. The van der Waals surface area contributed by atoms with Gasteiger partial charge in [0.05, 0.1) is 36.3 Å². The molecule has 4 aromatic rings. The van der Waals surface area contributed by atoms with Gasteiger partial charge in [-0.3, -0.25) is 4.72 Å². The fourth-order valence-electron chi connectivity index (χ4n) is 4.81. The topological polar surface area (TPSA) is 131 Å². The van der Waals surface area contributed by atoms with Gasteiger partial charge in [0.25, 0.3) is 0 Å². The summed E-state index contributed by atoms with van der Waals surface area (Å²) >= 11 is 1.24. The Hall–Kier alpha value is -4.22. The van der Waals surface area contributed by atoms with Crippen molar-refractivity contribution < 1.29 is 19.4 Å². The van der Waals surface area contributed by atoms with Crippen LogP contribution < -0.4 is 19.5 Å². The van der Waals surface area contributed by atoms with E-state index in [1.807, 2.05) is 32.0 Å². The van der Waals surface area contributed by atoms with Crippen LogP contribution in [-0.2, 0) is 6.54 Å². The van der Waals surface area contributed by atoms with Gasteiger partial charge in [-0.1, -0.05) is 45.0 Å².